The van der Waals surface area contributed by atoms with Crippen molar-refractivity contribution >= 4 is 16.9 Å². The Morgan fingerprint density at radius 1 is 1.35 bits per heavy atom. The van der Waals surface area contributed by atoms with Gasteiger partial charge in [-0.25, -0.2) is 0 Å². The Morgan fingerprint density at radius 3 is 2.96 bits per heavy atom. The molecule has 0 bridgehead atoms. The van der Waals surface area contributed by atoms with Crippen molar-refractivity contribution in [3.8, 4) is 0 Å². The number of likely N-dealkylation sites (N-methyl/N-ethyl adjacent to an activating group) is 1. The lowest BCUT2D eigenvalue weighted by Gasteiger charge is -2.27. The normalized spacial score (nSPS) is 18.3. The molecule has 0 N–H and O–H groups in total. The lowest BCUT2D eigenvalue weighted by atomic mass is 10.1. The van der Waals surface area contributed by atoms with Crippen LogP contribution in [-0.4, -0.2) is 50.3 Å². The fourth-order valence-electron chi connectivity index (χ4n) is 2.83. The molecule has 1 aliphatic heterocycles. The number of carbonyl (C=O) groups is 1. The van der Waals surface area contributed by atoms with Crippen LogP contribution in [0.3, 0.4) is 0 Å². The fourth-order valence-corrected chi connectivity index (χ4v) is 2.83. The van der Waals surface area contributed by atoms with Crippen molar-refractivity contribution in [2.45, 2.75) is 25.9 Å². The van der Waals surface area contributed by atoms with E-state index in [0.29, 0.717) is 32.8 Å². The van der Waals surface area contributed by atoms with Gasteiger partial charge in [0.2, 0.25) is 5.91 Å². The van der Waals surface area contributed by atoms with Gasteiger partial charge in [-0.3, -0.25) is 4.79 Å². The van der Waals surface area contributed by atoms with Gasteiger partial charge in [0, 0.05) is 24.5 Å². The largest absolute Gasteiger partial charge is 0.464 e. The molecule has 124 valence electrons. The predicted octanol–water partition coefficient (Wildman–Crippen LogP) is 2.41. The minimum Gasteiger partial charge on any atom is -0.464 e. The van der Waals surface area contributed by atoms with E-state index in [1.165, 1.54) is 5.56 Å². The highest BCUT2D eigenvalue weighted by Gasteiger charge is 2.20. The summed E-state index contributed by atoms with van der Waals surface area (Å²) in [7, 11) is 1.81. The van der Waals surface area contributed by atoms with E-state index in [0.717, 1.165) is 23.0 Å². The number of ether oxygens (including phenoxy) is 2. The third-order valence-electron chi connectivity index (χ3n) is 4.26. The molecule has 1 aromatic heterocycles. The first kappa shape index (κ1) is 16.0. The first-order valence-electron chi connectivity index (χ1n) is 8.09. The highest BCUT2D eigenvalue weighted by atomic mass is 16.6. The van der Waals surface area contributed by atoms with E-state index in [9.17, 15) is 4.79 Å². The Labute approximate surface area is 136 Å². The third kappa shape index (κ3) is 3.74. The predicted molar refractivity (Wildman–Crippen MR) is 87.5 cm³/mol. The topological polar surface area (TPSA) is 51.9 Å². The molecule has 1 fully saturated rings. The Balaban J connectivity index is 1.67. The number of amides is 1. The number of furan rings is 1. The van der Waals surface area contributed by atoms with Crippen molar-refractivity contribution in [3.05, 3.63) is 35.6 Å². The highest BCUT2D eigenvalue weighted by molar-refractivity contribution is 5.88. The molecule has 5 heteroatoms. The summed E-state index contributed by atoms with van der Waals surface area (Å²) in [5.74, 6) is 0.0591. The summed E-state index contributed by atoms with van der Waals surface area (Å²) in [5, 5.41) is 1.03. The van der Waals surface area contributed by atoms with E-state index >= 15 is 0 Å². The zero-order valence-corrected chi connectivity index (χ0v) is 13.7. The van der Waals surface area contributed by atoms with Crippen LogP contribution in [0.1, 0.15) is 18.1 Å². The summed E-state index contributed by atoms with van der Waals surface area (Å²) < 4.78 is 16.5. The van der Waals surface area contributed by atoms with Gasteiger partial charge in [-0.15, -0.1) is 0 Å². The average Bonchev–Trinajstić information content (AvgIpc) is 2.97. The Morgan fingerprint density at radius 2 is 2.22 bits per heavy atom. The molecule has 5 nitrogen and oxygen atoms in total. The van der Waals surface area contributed by atoms with Crippen LogP contribution in [0.25, 0.3) is 11.0 Å². The first-order valence-corrected chi connectivity index (χ1v) is 8.09. The highest BCUT2D eigenvalue weighted by Crippen LogP contribution is 2.23. The molecule has 1 amide bonds. The number of carbonyl (C=O) groups excluding carboxylic acids is 1. The molecular weight excluding hydrogens is 294 g/mol. The number of benzene rings is 1. The molecule has 1 aromatic carbocycles. The number of fused-ring (bicyclic) bond motifs is 1. The van der Waals surface area contributed by atoms with Crippen LogP contribution >= 0.6 is 0 Å². The van der Waals surface area contributed by atoms with E-state index in [2.05, 4.69) is 19.1 Å². The second kappa shape index (κ2) is 7.15. The SMILES string of the molecule is CCc1ccc2occ(CC(=O)N(C)C[C@H]3COCCO3)c2c1. The quantitative estimate of drug-likeness (QED) is 0.850. The minimum atomic E-state index is -0.0366. The van der Waals surface area contributed by atoms with Crippen molar-refractivity contribution in [3.63, 3.8) is 0 Å². The standard InChI is InChI=1S/C18H23NO4/c1-3-13-4-5-17-16(8-13)14(11-23-17)9-18(20)19(2)10-15-12-21-6-7-22-15/h4-5,8,11,15H,3,6-7,9-10,12H2,1-2H3/t15-/m0/s1. The van der Waals surface area contributed by atoms with Gasteiger partial charge in [0.15, 0.2) is 0 Å². The van der Waals surface area contributed by atoms with Gasteiger partial charge in [0.05, 0.1) is 38.6 Å². The maximum Gasteiger partial charge on any atom is 0.226 e. The van der Waals surface area contributed by atoms with Crippen LogP contribution in [0.15, 0.2) is 28.9 Å². The van der Waals surface area contributed by atoms with Crippen LogP contribution in [-0.2, 0) is 27.1 Å². The van der Waals surface area contributed by atoms with Gasteiger partial charge in [0.25, 0.3) is 0 Å². The van der Waals surface area contributed by atoms with Gasteiger partial charge in [-0.05, 0) is 24.1 Å². The lowest BCUT2D eigenvalue weighted by molar-refractivity contribution is -0.135. The molecule has 2 heterocycles. The molecule has 0 saturated carbocycles. The molecule has 1 saturated heterocycles. The zero-order valence-electron chi connectivity index (χ0n) is 13.7. The third-order valence-corrected chi connectivity index (χ3v) is 4.26. The molecule has 23 heavy (non-hydrogen) atoms. The van der Waals surface area contributed by atoms with Crippen molar-refractivity contribution < 1.29 is 18.7 Å². The molecule has 2 aromatic rings. The average molecular weight is 317 g/mol. The minimum absolute atomic E-state index is 0.0366. The van der Waals surface area contributed by atoms with Crippen molar-refractivity contribution in [2.24, 2.45) is 0 Å². The fraction of sp³-hybridized carbons (Fsp3) is 0.500. The van der Waals surface area contributed by atoms with Crippen LogP contribution in [0.4, 0.5) is 0 Å². The number of rotatable bonds is 5. The van der Waals surface area contributed by atoms with Gasteiger partial charge < -0.3 is 18.8 Å². The van der Waals surface area contributed by atoms with E-state index in [1.807, 2.05) is 6.07 Å². The van der Waals surface area contributed by atoms with Gasteiger partial charge in [-0.2, -0.15) is 0 Å². The van der Waals surface area contributed by atoms with Gasteiger partial charge in [-0.1, -0.05) is 13.0 Å². The number of nitrogens with zero attached hydrogens (tertiary/aromatic N) is 1. The van der Waals surface area contributed by atoms with E-state index in [-0.39, 0.29) is 12.0 Å². The van der Waals surface area contributed by atoms with E-state index < -0.39 is 0 Å². The molecule has 0 radical (unpaired) electrons. The maximum absolute atomic E-state index is 12.5. The van der Waals surface area contributed by atoms with E-state index in [4.69, 9.17) is 13.9 Å². The first-order chi connectivity index (χ1) is 11.2. The monoisotopic (exact) mass is 317 g/mol. The van der Waals surface area contributed by atoms with Crippen LogP contribution in [0.5, 0.6) is 0 Å². The van der Waals surface area contributed by atoms with E-state index in [1.54, 1.807) is 18.2 Å². The Bertz CT molecular complexity index is 673. The maximum atomic E-state index is 12.5. The summed E-state index contributed by atoms with van der Waals surface area (Å²) in [6.07, 6.45) is 2.96. The van der Waals surface area contributed by atoms with Crippen molar-refractivity contribution in [1.29, 1.82) is 0 Å². The molecule has 0 aliphatic carbocycles. The van der Waals surface area contributed by atoms with Crippen LogP contribution in [0, 0.1) is 0 Å². The second-order valence-corrected chi connectivity index (χ2v) is 5.96. The summed E-state index contributed by atoms with van der Waals surface area (Å²) in [5.41, 5.74) is 3.01. The van der Waals surface area contributed by atoms with Gasteiger partial charge in [0.1, 0.15) is 5.58 Å². The molecule has 1 atom stereocenters. The molecule has 0 spiro atoms. The van der Waals surface area contributed by atoms with Crippen LogP contribution in [0.2, 0.25) is 0 Å². The summed E-state index contributed by atoms with van der Waals surface area (Å²) in [6, 6.07) is 6.14. The summed E-state index contributed by atoms with van der Waals surface area (Å²) in [6.45, 7) is 4.45. The molecule has 1 aliphatic rings. The Kier molecular flexibility index (Phi) is 4.98. The van der Waals surface area contributed by atoms with Crippen molar-refractivity contribution in [1.82, 2.24) is 4.90 Å². The number of hydrogen-bond donors (Lipinski definition) is 0. The molecular formula is C18H23NO4. The van der Waals surface area contributed by atoms with Crippen LogP contribution < -0.4 is 0 Å². The van der Waals surface area contributed by atoms with Gasteiger partial charge >= 0.3 is 0 Å². The lowest BCUT2D eigenvalue weighted by Crippen LogP contribution is -2.41. The number of hydrogen-bond acceptors (Lipinski definition) is 4. The second-order valence-electron chi connectivity index (χ2n) is 5.96. The summed E-state index contributed by atoms with van der Waals surface area (Å²) >= 11 is 0. The summed E-state index contributed by atoms with van der Waals surface area (Å²) in [4.78, 5) is 14.2. The molecule has 0 unspecified atom stereocenters. The molecule has 3 rings (SSSR count). The Hall–Kier alpha value is -1.85. The zero-order chi connectivity index (χ0) is 16.2. The smallest absolute Gasteiger partial charge is 0.226 e. The number of aryl methyl sites for hydroxylation is 1. The van der Waals surface area contributed by atoms with Crippen molar-refractivity contribution in [2.75, 3.05) is 33.4 Å².